The van der Waals surface area contributed by atoms with Gasteiger partial charge < -0.3 is 4.74 Å². The van der Waals surface area contributed by atoms with Crippen molar-refractivity contribution in [1.82, 2.24) is 4.90 Å². The molecule has 0 aliphatic carbocycles. The Morgan fingerprint density at radius 1 is 0.800 bits per heavy atom. The molecule has 3 rings (SSSR count). The minimum atomic E-state index is -0.163. The van der Waals surface area contributed by atoms with Crippen molar-refractivity contribution in [1.29, 1.82) is 0 Å². The van der Waals surface area contributed by atoms with Gasteiger partial charge in [0, 0.05) is 6.54 Å². The van der Waals surface area contributed by atoms with E-state index in [9.17, 15) is 9.59 Å². The van der Waals surface area contributed by atoms with Gasteiger partial charge >= 0.3 is 0 Å². The van der Waals surface area contributed by atoms with Gasteiger partial charge in [-0.25, -0.2) is 0 Å². The van der Waals surface area contributed by atoms with Gasteiger partial charge in [-0.05, 0) is 43.5 Å². The van der Waals surface area contributed by atoms with Crippen molar-refractivity contribution in [3.8, 4) is 5.75 Å². The van der Waals surface area contributed by atoms with E-state index >= 15 is 0 Å². The maximum absolute atomic E-state index is 12.2. The molecule has 0 bridgehead atoms. The lowest BCUT2D eigenvalue weighted by atomic mass is 10.1. The predicted molar refractivity (Wildman–Crippen MR) is 97.0 cm³/mol. The largest absolute Gasteiger partial charge is 0.493 e. The molecule has 1 aliphatic rings. The molecule has 0 saturated carbocycles. The smallest absolute Gasteiger partial charge is 0.261 e. The third-order valence-electron chi connectivity index (χ3n) is 4.51. The average Bonchev–Trinajstić information content (AvgIpc) is 2.87. The number of benzene rings is 2. The summed E-state index contributed by atoms with van der Waals surface area (Å²) in [4.78, 5) is 25.9. The van der Waals surface area contributed by atoms with Crippen LogP contribution in [-0.4, -0.2) is 29.9 Å². The van der Waals surface area contributed by atoms with Gasteiger partial charge in [0.05, 0.1) is 17.7 Å². The normalized spacial score (nSPS) is 13.2. The second-order valence-corrected chi connectivity index (χ2v) is 6.34. The summed E-state index contributed by atoms with van der Waals surface area (Å²) in [5.74, 6) is 0.612. The standard InChI is InChI=1S/C21H23NO3/c1-16-10-4-7-13-19(16)25-15-9-3-2-8-14-22-20(23)17-11-5-6-12-18(17)21(22)24/h4-7,10-13H,2-3,8-9,14-15H2,1H3. The van der Waals surface area contributed by atoms with Crippen LogP contribution in [0.15, 0.2) is 48.5 Å². The van der Waals surface area contributed by atoms with E-state index in [0.717, 1.165) is 37.0 Å². The fourth-order valence-electron chi connectivity index (χ4n) is 3.07. The molecular weight excluding hydrogens is 314 g/mol. The second kappa shape index (κ2) is 7.97. The van der Waals surface area contributed by atoms with Crippen LogP contribution in [0.2, 0.25) is 0 Å². The van der Waals surface area contributed by atoms with Gasteiger partial charge in [-0.15, -0.1) is 0 Å². The minimum Gasteiger partial charge on any atom is -0.493 e. The number of hydrogen-bond donors (Lipinski definition) is 0. The molecule has 0 radical (unpaired) electrons. The van der Waals surface area contributed by atoms with Gasteiger partial charge in [0.25, 0.3) is 11.8 Å². The molecule has 1 heterocycles. The van der Waals surface area contributed by atoms with Crippen molar-refractivity contribution in [2.24, 2.45) is 0 Å². The first kappa shape index (κ1) is 17.2. The predicted octanol–water partition coefficient (Wildman–Crippen LogP) is 4.23. The molecule has 0 unspecified atom stereocenters. The molecule has 2 aromatic rings. The first-order valence-electron chi connectivity index (χ1n) is 8.82. The van der Waals surface area contributed by atoms with Gasteiger partial charge in [0.1, 0.15) is 5.75 Å². The highest BCUT2D eigenvalue weighted by Gasteiger charge is 2.34. The molecule has 0 spiro atoms. The van der Waals surface area contributed by atoms with Crippen LogP contribution in [-0.2, 0) is 0 Å². The van der Waals surface area contributed by atoms with E-state index < -0.39 is 0 Å². The molecule has 0 fully saturated rings. The Morgan fingerprint density at radius 2 is 1.40 bits per heavy atom. The molecule has 0 saturated heterocycles. The first-order valence-corrected chi connectivity index (χ1v) is 8.82. The Balaban J connectivity index is 1.35. The monoisotopic (exact) mass is 337 g/mol. The highest BCUT2D eigenvalue weighted by atomic mass is 16.5. The molecule has 4 nitrogen and oxygen atoms in total. The fourth-order valence-corrected chi connectivity index (χ4v) is 3.07. The Morgan fingerprint density at radius 3 is 2.08 bits per heavy atom. The maximum Gasteiger partial charge on any atom is 0.261 e. The topological polar surface area (TPSA) is 46.6 Å². The van der Waals surface area contributed by atoms with Crippen LogP contribution in [0.3, 0.4) is 0 Å². The number of amides is 2. The molecule has 1 aliphatic heterocycles. The zero-order valence-corrected chi connectivity index (χ0v) is 14.5. The number of fused-ring (bicyclic) bond motifs is 1. The number of nitrogens with zero attached hydrogens (tertiary/aromatic N) is 1. The van der Waals surface area contributed by atoms with E-state index in [0.29, 0.717) is 24.3 Å². The third kappa shape index (κ3) is 3.90. The number of para-hydroxylation sites is 1. The van der Waals surface area contributed by atoms with Crippen LogP contribution < -0.4 is 4.74 Å². The number of imide groups is 1. The maximum atomic E-state index is 12.2. The lowest BCUT2D eigenvalue weighted by molar-refractivity contribution is 0.0651. The number of carbonyl (C=O) groups excluding carboxylic acids is 2. The van der Waals surface area contributed by atoms with E-state index in [2.05, 4.69) is 0 Å². The van der Waals surface area contributed by atoms with Crippen molar-refractivity contribution in [3.63, 3.8) is 0 Å². The summed E-state index contributed by atoms with van der Waals surface area (Å²) < 4.78 is 5.77. The summed E-state index contributed by atoms with van der Waals surface area (Å²) >= 11 is 0. The second-order valence-electron chi connectivity index (χ2n) is 6.34. The molecule has 0 N–H and O–H groups in total. The van der Waals surface area contributed by atoms with Gasteiger partial charge in [-0.2, -0.15) is 0 Å². The van der Waals surface area contributed by atoms with E-state index in [1.165, 1.54) is 4.90 Å². The average molecular weight is 337 g/mol. The van der Waals surface area contributed by atoms with Crippen LogP contribution in [0.4, 0.5) is 0 Å². The van der Waals surface area contributed by atoms with Gasteiger partial charge in [0.15, 0.2) is 0 Å². The fraction of sp³-hybridized carbons (Fsp3) is 0.333. The van der Waals surface area contributed by atoms with Crippen molar-refractivity contribution in [2.75, 3.05) is 13.2 Å². The highest BCUT2D eigenvalue weighted by molar-refractivity contribution is 6.21. The Bertz CT molecular complexity index is 734. The van der Waals surface area contributed by atoms with Crippen LogP contribution in [0.5, 0.6) is 5.75 Å². The molecule has 2 aromatic carbocycles. The van der Waals surface area contributed by atoms with Gasteiger partial charge in [-0.3, -0.25) is 14.5 Å². The molecule has 2 amide bonds. The molecule has 4 heteroatoms. The Hall–Kier alpha value is -2.62. The van der Waals surface area contributed by atoms with E-state index in [1.807, 2.05) is 31.2 Å². The number of carbonyl (C=O) groups is 2. The Labute approximate surface area is 148 Å². The van der Waals surface area contributed by atoms with Crippen molar-refractivity contribution >= 4 is 11.8 Å². The summed E-state index contributed by atoms with van der Waals surface area (Å²) in [6.07, 6.45) is 3.80. The van der Waals surface area contributed by atoms with Gasteiger partial charge in [-0.1, -0.05) is 43.2 Å². The number of aryl methyl sites for hydroxylation is 1. The summed E-state index contributed by atoms with van der Waals surface area (Å²) in [5.41, 5.74) is 2.20. The lowest BCUT2D eigenvalue weighted by Gasteiger charge is -2.13. The SMILES string of the molecule is Cc1ccccc1OCCCCCCN1C(=O)c2ccccc2C1=O. The summed E-state index contributed by atoms with van der Waals surface area (Å²) in [6.45, 7) is 3.22. The van der Waals surface area contributed by atoms with Crippen LogP contribution in [0.1, 0.15) is 52.0 Å². The van der Waals surface area contributed by atoms with Crippen molar-refractivity contribution < 1.29 is 14.3 Å². The number of unbranched alkanes of at least 4 members (excludes halogenated alkanes) is 3. The summed E-state index contributed by atoms with van der Waals surface area (Å²) in [5, 5.41) is 0. The molecule has 0 atom stereocenters. The zero-order valence-electron chi connectivity index (χ0n) is 14.5. The van der Waals surface area contributed by atoms with E-state index in [4.69, 9.17) is 4.74 Å². The summed E-state index contributed by atoms with van der Waals surface area (Å²) in [6, 6.07) is 15.0. The van der Waals surface area contributed by atoms with Crippen LogP contribution >= 0.6 is 0 Å². The number of ether oxygens (including phenoxy) is 1. The van der Waals surface area contributed by atoms with E-state index in [1.54, 1.807) is 24.3 Å². The van der Waals surface area contributed by atoms with Crippen molar-refractivity contribution in [2.45, 2.75) is 32.6 Å². The highest BCUT2D eigenvalue weighted by Crippen LogP contribution is 2.23. The molecule has 25 heavy (non-hydrogen) atoms. The molecule has 130 valence electrons. The molecular formula is C21H23NO3. The lowest BCUT2D eigenvalue weighted by Crippen LogP contribution is -2.30. The Kier molecular flexibility index (Phi) is 5.49. The number of hydrogen-bond acceptors (Lipinski definition) is 3. The molecule has 0 aromatic heterocycles. The van der Waals surface area contributed by atoms with Crippen molar-refractivity contribution in [3.05, 3.63) is 65.2 Å². The van der Waals surface area contributed by atoms with Gasteiger partial charge in [0.2, 0.25) is 0 Å². The first-order chi connectivity index (χ1) is 12.2. The zero-order chi connectivity index (χ0) is 17.6. The third-order valence-corrected chi connectivity index (χ3v) is 4.51. The van der Waals surface area contributed by atoms with E-state index in [-0.39, 0.29) is 11.8 Å². The van der Waals surface area contributed by atoms with Crippen LogP contribution in [0, 0.1) is 6.92 Å². The van der Waals surface area contributed by atoms with Crippen LogP contribution in [0.25, 0.3) is 0 Å². The minimum absolute atomic E-state index is 0.163. The quantitative estimate of drug-likeness (QED) is 0.535. The summed E-state index contributed by atoms with van der Waals surface area (Å²) in [7, 11) is 0. The number of rotatable bonds is 8.